The Morgan fingerprint density at radius 1 is 0.871 bits per heavy atom. The van der Waals surface area contributed by atoms with Crippen LogP contribution in [0, 0.1) is 0 Å². The number of fused-ring (bicyclic) bond motifs is 1. The summed E-state index contributed by atoms with van der Waals surface area (Å²) in [6.07, 6.45) is 0.303. The Morgan fingerprint density at radius 2 is 1.52 bits per heavy atom. The monoisotopic (exact) mass is 436 g/mol. The van der Waals surface area contributed by atoms with Crippen molar-refractivity contribution in [1.29, 1.82) is 0 Å². The van der Waals surface area contributed by atoms with Crippen molar-refractivity contribution in [3.05, 3.63) is 84.4 Å². The molecule has 31 heavy (non-hydrogen) atoms. The van der Waals surface area contributed by atoms with Gasteiger partial charge in [0.25, 0.3) is 15.9 Å². The van der Waals surface area contributed by atoms with E-state index < -0.39 is 15.9 Å². The van der Waals surface area contributed by atoms with Crippen molar-refractivity contribution in [2.45, 2.75) is 17.7 Å². The Labute approximate surface area is 180 Å². The SMILES string of the molecule is O=C(CCCN1C(=O)c2ccccc2S1(=O)=O)Nc1ccc(Oc2ccccc2)cc1. The lowest BCUT2D eigenvalue weighted by Crippen LogP contribution is -2.31. The molecule has 0 saturated heterocycles. The van der Waals surface area contributed by atoms with Gasteiger partial charge in [-0.1, -0.05) is 30.3 Å². The lowest BCUT2D eigenvalue weighted by Gasteiger charge is -2.14. The first-order valence-electron chi connectivity index (χ1n) is 9.74. The maximum Gasteiger partial charge on any atom is 0.269 e. The number of sulfonamides is 1. The first-order valence-corrected chi connectivity index (χ1v) is 11.2. The van der Waals surface area contributed by atoms with Crippen LogP contribution in [0.3, 0.4) is 0 Å². The molecule has 1 aliphatic heterocycles. The molecule has 8 heteroatoms. The molecule has 3 aromatic carbocycles. The van der Waals surface area contributed by atoms with Gasteiger partial charge in [-0.05, 0) is 55.0 Å². The number of amides is 2. The summed E-state index contributed by atoms with van der Waals surface area (Å²) in [4.78, 5) is 24.6. The van der Waals surface area contributed by atoms with E-state index in [1.54, 1.807) is 36.4 Å². The number of carbonyl (C=O) groups is 2. The van der Waals surface area contributed by atoms with Gasteiger partial charge in [-0.15, -0.1) is 0 Å². The standard InChI is InChI=1S/C23H20N2O5S/c26-22(24-17-12-14-19(15-13-17)30-18-7-2-1-3-8-18)11-6-16-25-23(27)20-9-4-5-10-21(20)31(25,28)29/h1-5,7-10,12-15H,6,11,16H2,(H,24,26). The van der Waals surface area contributed by atoms with Crippen molar-refractivity contribution in [2.24, 2.45) is 0 Å². The number of hydrogen-bond acceptors (Lipinski definition) is 5. The molecule has 0 radical (unpaired) electrons. The summed E-state index contributed by atoms with van der Waals surface area (Å²) in [6, 6.07) is 22.4. The zero-order chi connectivity index (χ0) is 21.8. The molecular weight excluding hydrogens is 416 g/mol. The predicted molar refractivity (Wildman–Crippen MR) is 115 cm³/mol. The molecule has 0 atom stereocenters. The molecule has 1 heterocycles. The summed E-state index contributed by atoms with van der Waals surface area (Å²) < 4.78 is 31.6. The van der Waals surface area contributed by atoms with E-state index in [1.807, 2.05) is 30.3 Å². The van der Waals surface area contributed by atoms with Crippen LogP contribution in [-0.2, 0) is 14.8 Å². The Hall–Kier alpha value is -3.65. The van der Waals surface area contributed by atoms with Crippen LogP contribution in [0.15, 0.2) is 83.8 Å². The Bertz CT molecular complexity index is 1210. The molecule has 0 aliphatic carbocycles. The molecule has 0 fully saturated rings. The quantitative estimate of drug-likeness (QED) is 0.603. The average Bonchev–Trinajstić information content (AvgIpc) is 2.97. The summed E-state index contributed by atoms with van der Waals surface area (Å²) in [5.74, 6) is 0.540. The minimum Gasteiger partial charge on any atom is -0.457 e. The van der Waals surface area contributed by atoms with E-state index in [2.05, 4.69) is 5.32 Å². The van der Waals surface area contributed by atoms with Crippen molar-refractivity contribution in [2.75, 3.05) is 11.9 Å². The molecule has 1 N–H and O–H groups in total. The van der Waals surface area contributed by atoms with Gasteiger partial charge < -0.3 is 10.1 Å². The van der Waals surface area contributed by atoms with Crippen LogP contribution in [0.25, 0.3) is 0 Å². The van der Waals surface area contributed by atoms with Crippen LogP contribution >= 0.6 is 0 Å². The first kappa shape index (κ1) is 20.6. The zero-order valence-corrected chi connectivity index (χ0v) is 17.3. The molecule has 0 aromatic heterocycles. The number of ether oxygens (including phenoxy) is 1. The molecule has 1 aliphatic rings. The van der Waals surface area contributed by atoms with Crippen LogP contribution in [0.4, 0.5) is 5.69 Å². The summed E-state index contributed by atoms with van der Waals surface area (Å²) >= 11 is 0. The van der Waals surface area contributed by atoms with Crippen LogP contribution in [0.1, 0.15) is 23.2 Å². The van der Waals surface area contributed by atoms with E-state index >= 15 is 0 Å². The average molecular weight is 436 g/mol. The normalized spacial score (nSPS) is 14.2. The van der Waals surface area contributed by atoms with Crippen molar-refractivity contribution >= 4 is 27.5 Å². The lowest BCUT2D eigenvalue weighted by atomic mass is 10.2. The van der Waals surface area contributed by atoms with Gasteiger partial charge in [-0.2, -0.15) is 0 Å². The number of carbonyl (C=O) groups excluding carboxylic acids is 2. The highest BCUT2D eigenvalue weighted by molar-refractivity contribution is 7.90. The minimum atomic E-state index is -3.84. The van der Waals surface area contributed by atoms with E-state index in [0.717, 1.165) is 4.31 Å². The fourth-order valence-electron chi connectivity index (χ4n) is 3.29. The van der Waals surface area contributed by atoms with Gasteiger partial charge >= 0.3 is 0 Å². The summed E-state index contributed by atoms with van der Waals surface area (Å²) in [5.41, 5.74) is 0.771. The minimum absolute atomic E-state index is 0.0160. The Kier molecular flexibility index (Phi) is 5.73. The van der Waals surface area contributed by atoms with Gasteiger partial charge in [0.2, 0.25) is 5.91 Å². The molecule has 3 aromatic rings. The highest BCUT2D eigenvalue weighted by atomic mass is 32.2. The number of hydrogen-bond donors (Lipinski definition) is 1. The zero-order valence-electron chi connectivity index (χ0n) is 16.5. The predicted octanol–water partition coefficient (Wildman–Crippen LogP) is 4.04. The second-order valence-electron chi connectivity index (χ2n) is 6.97. The topological polar surface area (TPSA) is 92.8 Å². The third-order valence-corrected chi connectivity index (χ3v) is 6.63. The third-order valence-electron chi connectivity index (χ3n) is 4.79. The number of anilines is 1. The molecule has 0 unspecified atom stereocenters. The highest BCUT2D eigenvalue weighted by Crippen LogP contribution is 2.30. The van der Waals surface area contributed by atoms with E-state index in [0.29, 0.717) is 17.2 Å². The first-order chi connectivity index (χ1) is 14.9. The van der Waals surface area contributed by atoms with Crippen molar-refractivity contribution < 1.29 is 22.7 Å². The van der Waals surface area contributed by atoms with Crippen LogP contribution < -0.4 is 10.1 Å². The van der Waals surface area contributed by atoms with Gasteiger partial charge in [0.05, 0.1) is 5.56 Å². The number of rotatable bonds is 7. The molecule has 0 saturated carbocycles. The van der Waals surface area contributed by atoms with E-state index in [-0.39, 0.29) is 35.8 Å². The van der Waals surface area contributed by atoms with Crippen molar-refractivity contribution in [3.8, 4) is 11.5 Å². The second kappa shape index (κ2) is 8.61. The van der Waals surface area contributed by atoms with Gasteiger partial charge in [-0.25, -0.2) is 12.7 Å². The Balaban J connectivity index is 1.29. The molecule has 0 bridgehead atoms. The van der Waals surface area contributed by atoms with Gasteiger partial charge in [0, 0.05) is 18.7 Å². The molecule has 7 nitrogen and oxygen atoms in total. The van der Waals surface area contributed by atoms with E-state index in [1.165, 1.54) is 12.1 Å². The number of para-hydroxylation sites is 1. The summed E-state index contributed by atoms with van der Waals surface area (Å²) in [6.45, 7) is -0.0485. The van der Waals surface area contributed by atoms with Gasteiger partial charge in [0.15, 0.2) is 0 Å². The highest BCUT2D eigenvalue weighted by Gasteiger charge is 2.40. The molecular formula is C23H20N2O5S. The van der Waals surface area contributed by atoms with E-state index in [4.69, 9.17) is 4.74 Å². The molecule has 158 valence electrons. The lowest BCUT2D eigenvalue weighted by molar-refractivity contribution is -0.116. The van der Waals surface area contributed by atoms with Gasteiger partial charge in [0.1, 0.15) is 16.4 Å². The fraction of sp³-hybridized carbons (Fsp3) is 0.130. The Morgan fingerprint density at radius 3 is 2.23 bits per heavy atom. The molecule has 4 rings (SSSR count). The summed E-state index contributed by atoms with van der Waals surface area (Å²) in [7, 11) is -3.84. The smallest absolute Gasteiger partial charge is 0.269 e. The maximum absolute atomic E-state index is 12.5. The molecule has 2 amide bonds. The second-order valence-corrected chi connectivity index (χ2v) is 8.80. The third kappa shape index (κ3) is 4.44. The molecule has 0 spiro atoms. The van der Waals surface area contributed by atoms with Crippen LogP contribution in [0.2, 0.25) is 0 Å². The van der Waals surface area contributed by atoms with E-state index in [9.17, 15) is 18.0 Å². The summed E-state index contributed by atoms with van der Waals surface area (Å²) in [5, 5.41) is 2.76. The number of nitrogens with zero attached hydrogens (tertiary/aromatic N) is 1. The number of nitrogens with one attached hydrogen (secondary N) is 1. The van der Waals surface area contributed by atoms with Crippen molar-refractivity contribution in [3.63, 3.8) is 0 Å². The largest absolute Gasteiger partial charge is 0.457 e. The van der Waals surface area contributed by atoms with Crippen LogP contribution in [-0.4, -0.2) is 31.1 Å². The maximum atomic E-state index is 12.5. The fourth-order valence-corrected chi connectivity index (χ4v) is 4.90. The van der Waals surface area contributed by atoms with Crippen molar-refractivity contribution in [1.82, 2.24) is 4.31 Å². The van der Waals surface area contributed by atoms with Crippen LogP contribution in [0.5, 0.6) is 11.5 Å². The van der Waals surface area contributed by atoms with Gasteiger partial charge in [-0.3, -0.25) is 9.59 Å². The number of benzene rings is 3.